The Balaban J connectivity index is 1.51. The summed E-state index contributed by atoms with van der Waals surface area (Å²) >= 11 is 0. The van der Waals surface area contributed by atoms with Crippen LogP contribution < -0.4 is 0 Å². The molecule has 204 valence electrons. The minimum Gasteiger partial charge on any atom is -0.296 e. The van der Waals surface area contributed by atoms with Crippen LogP contribution in [-0.4, -0.2) is 9.55 Å². The van der Waals surface area contributed by atoms with Crippen LogP contribution >= 0.6 is 0 Å². The maximum atomic E-state index is 9.25. The van der Waals surface area contributed by atoms with E-state index in [-0.39, 0.29) is 45.7 Å². The zero-order valence-corrected chi connectivity index (χ0v) is 23.4. The Hall–Kier alpha value is -5.47. The molecule has 0 aliphatic heterocycles. The molecule has 0 saturated carbocycles. The topological polar surface area (TPSA) is 17.8 Å². The third kappa shape index (κ3) is 4.23. The van der Waals surface area contributed by atoms with Crippen LogP contribution in [0.4, 0.5) is 0 Å². The van der Waals surface area contributed by atoms with E-state index in [1.54, 1.807) is 0 Å². The summed E-state index contributed by atoms with van der Waals surface area (Å²) in [5.41, 5.74) is 6.22. The number of fused-ring (bicyclic) bond motifs is 3. The fourth-order valence-electron chi connectivity index (χ4n) is 6.07. The Labute approximate surface area is 262 Å². The van der Waals surface area contributed by atoms with Crippen LogP contribution in [0.5, 0.6) is 0 Å². The summed E-state index contributed by atoms with van der Waals surface area (Å²) < 4.78 is 73.9. The van der Waals surface area contributed by atoms with Gasteiger partial charge in [-0.25, -0.2) is 4.98 Å². The molecule has 0 bridgehead atoms. The predicted molar refractivity (Wildman–Crippen MR) is 182 cm³/mol. The van der Waals surface area contributed by atoms with E-state index in [4.69, 9.17) is 10.5 Å². The zero-order valence-electron chi connectivity index (χ0n) is 31.4. The molecule has 0 radical (unpaired) electrons. The van der Waals surface area contributed by atoms with E-state index >= 15 is 0 Å². The molecule has 7 aromatic carbocycles. The molecule has 2 nitrogen and oxygen atoms in total. The molecule has 0 aliphatic carbocycles. The molecule has 1 aromatic heterocycles. The summed E-state index contributed by atoms with van der Waals surface area (Å²) in [7, 11) is 0. The van der Waals surface area contributed by atoms with E-state index in [1.807, 2.05) is 110 Å². The molecule has 0 fully saturated rings. The first-order valence-electron chi connectivity index (χ1n) is 18.3. The Morgan fingerprint density at radius 3 is 1.77 bits per heavy atom. The van der Waals surface area contributed by atoms with Gasteiger partial charge in [-0.2, -0.15) is 0 Å². The fourth-order valence-corrected chi connectivity index (χ4v) is 6.07. The maximum absolute atomic E-state index is 9.25. The zero-order chi connectivity index (χ0) is 35.7. The van der Waals surface area contributed by atoms with Gasteiger partial charge in [-0.05, 0) is 85.3 Å². The second-order valence-electron chi connectivity index (χ2n) is 10.4. The van der Waals surface area contributed by atoms with Crippen molar-refractivity contribution < 1.29 is 11.0 Å². The van der Waals surface area contributed by atoms with E-state index in [9.17, 15) is 5.48 Å². The van der Waals surface area contributed by atoms with Gasteiger partial charge in [0.05, 0.1) is 22.0 Å². The van der Waals surface area contributed by atoms with E-state index in [2.05, 4.69) is 4.57 Å². The van der Waals surface area contributed by atoms with Crippen LogP contribution in [0.25, 0.3) is 71.6 Å². The first-order chi connectivity index (χ1) is 24.6. The normalized spacial score (nSPS) is 14.1. The Morgan fingerprint density at radius 2 is 1.12 bits per heavy atom. The molecule has 0 atom stereocenters. The number of imidazole rings is 1. The van der Waals surface area contributed by atoms with Gasteiger partial charge in [-0.1, -0.05) is 128 Å². The molecule has 43 heavy (non-hydrogen) atoms. The molecule has 0 aliphatic rings. The number of benzene rings is 7. The summed E-state index contributed by atoms with van der Waals surface area (Å²) in [5.74, 6) is 0.880. The number of rotatable bonds is 5. The highest BCUT2D eigenvalue weighted by molar-refractivity contribution is 6.21. The number of para-hydroxylation sites is 2. The summed E-state index contributed by atoms with van der Waals surface area (Å²) in [6.07, 6.45) is 0.699. The van der Waals surface area contributed by atoms with Crippen molar-refractivity contribution in [2.24, 2.45) is 0 Å². The Bertz CT molecular complexity index is 2620. The van der Waals surface area contributed by atoms with Crippen molar-refractivity contribution in [1.29, 1.82) is 0 Å². The Kier molecular flexibility index (Phi) is 4.40. The summed E-state index contributed by atoms with van der Waals surface area (Å²) in [5, 5.41) is 0.760. The third-order valence-corrected chi connectivity index (χ3v) is 7.99. The molecule has 0 unspecified atom stereocenters. The third-order valence-electron chi connectivity index (χ3n) is 7.99. The van der Waals surface area contributed by atoms with Crippen molar-refractivity contribution in [3.63, 3.8) is 0 Å². The second-order valence-corrected chi connectivity index (χ2v) is 10.4. The van der Waals surface area contributed by atoms with Crippen molar-refractivity contribution in [2.75, 3.05) is 0 Å². The lowest BCUT2D eigenvalue weighted by Gasteiger charge is -2.18. The van der Waals surface area contributed by atoms with Crippen molar-refractivity contribution in [3.8, 4) is 39.1 Å². The van der Waals surface area contributed by atoms with Crippen LogP contribution in [0.15, 0.2) is 151 Å². The molecular formula is C41H30N2. The lowest BCUT2D eigenvalue weighted by atomic mass is 9.85. The van der Waals surface area contributed by atoms with Gasteiger partial charge in [0.15, 0.2) is 0 Å². The molecular weight excluding hydrogens is 520 g/mol. The van der Waals surface area contributed by atoms with Crippen LogP contribution in [0.2, 0.25) is 0 Å². The van der Waals surface area contributed by atoms with Gasteiger partial charge >= 0.3 is 0 Å². The van der Waals surface area contributed by atoms with Crippen LogP contribution in [0.3, 0.4) is 0 Å². The van der Waals surface area contributed by atoms with Crippen LogP contribution in [-0.2, 0) is 6.42 Å². The molecule has 8 rings (SSSR count). The van der Waals surface area contributed by atoms with Gasteiger partial charge in [-0.15, -0.1) is 0 Å². The lowest BCUT2D eigenvalue weighted by Crippen LogP contribution is -2.00. The molecule has 0 amide bonds. The fraction of sp³-hybridized carbons (Fsp3) is 0.0488. The van der Waals surface area contributed by atoms with Crippen LogP contribution in [0, 0.1) is 0 Å². The number of aromatic nitrogens is 2. The minimum absolute atomic E-state index is 0.189. The van der Waals surface area contributed by atoms with Crippen molar-refractivity contribution in [2.45, 2.75) is 13.3 Å². The van der Waals surface area contributed by atoms with Gasteiger partial charge < -0.3 is 0 Å². The van der Waals surface area contributed by atoms with Gasteiger partial charge in [0.25, 0.3) is 0 Å². The average molecular weight is 559 g/mol. The molecule has 0 spiro atoms. The van der Waals surface area contributed by atoms with Crippen molar-refractivity contribution >= 4 is 32.6 Å². The maximum Gasteiger partial charge on any atom is 0.114 e. The highest BCUT2D eigenvalue weighted by Crippen LogP contribution is 2.44. The van der Waals surface area contributed by atoms with E-state index < -0.39 is 24.2 Å². The average Bonchev–Trinajstić information content (AvgIpc) is 3.55. The molecule has 8 aromatic rings. The minimum atomic E-state index is -0.424. The van der Waals surface area contributed by atoms with E-state index in [1.165, 1.54) is 0 Å². The van der Waals surface area contributed by atoms with Crippen LogP contribution in [0.1, 0.15) is 23.7 Å². The first kappa shape index (κ1) is 18.1. The SMILES string of the molecule is [2H]c1c([2H])c([2H])c2c(-c3cccc(-c4ccccc4)c3)c3c([2H])c([2H])c([2H])c([2H])c3c(-c3ccc(-n4c(CC)nc5ccccc54)cc3)c2c1[2H]. The number of nitrogens with zero attached hydrogens (tertiary/aromatic N) is 2. The summed E-state index contributed by atoms with van der Waals surface area (Å²) in [6, 6.07) is 29.8. The molecule has 0 N–H and O–H groups in total. The lowest BCUT2D eigenvalue weighted by molar-refractivity contribution is 0.908. The number of hydrogen-bond donors (Lipinski definition) is 0. The largest absolute Gasteiger partial charge is 0.296 e. The highest BCUT2D eigenvalue weighted by atomic mass is 15.1. The summed E-state index contributed by atoms with van der Waals surface area (Å²) in [4.78, 5) is 4.81. The van der Waals surface area contributed by atoms with E-state index in [0.29, 0.717) is 28.7 Å². The monoisotopic (exact) mass is 558 g/mol. The number of hydrogen-bond acceptors (Lipinski definition) is 1. The second kappa shape index (κ2) is 10.4. The highest BCUT2D eigenvalue weighted by Gasteiger charge is 2.17. The molecule has 2 heteroatoms. The van der Waals surface area contributed by atoms with Crippen molar-refractivity contribution in [3.05, 3.63) is 157 Å². The standard InChI is InChI=1S/C41H30N2/c1-2-39-42-37-21-10-11-22-38(37)43(39)32-25-23-29(24-26-32)40-33-17-6-8-19-35(33)41(36-20-9-7-18-34(36)40)31-16-12-15-30(27-31)28-13-4-3-5-14-28/h3-27H,2H2,1H3/i6D,7D,8D,9D,17D,18D,19D,20D. The first-order valence-corrected chi connectivity index (χ1v) is 14.3. The van der Waals surface area contributed by atoms with Crippen molar-refractivity contribution in [1.82, 2.24) is 9.55 Å². The quantitative estimate of drug-likeness (QED) is 0.192. The van der Waals surface area contributed by atoms with Gasteiger partial charge in [0.2, 0.25) is 0 Å². The summed E-state index contributed by atoms with van der Waals surface area (Å²) in [6.45, 7) is 2.04. The molecule has 1 heterocycles. The van der Waals surface area contributed by atoms with Gasteiger partial charge in [0.1, 0.15) is 5.82 Å². The number of aryl methyl sites for hydroxylation is 1. The van der Waals surface area contributed by atoms with E-state index in [0.717, 1.165) is 33.7 Å². The van der Waals surface area contributed by atoms with Gasteiger partial charge in [0, 0.05) is 12.1 Å². The smallest absolute Gasteiger partial charge is 0.114 e. The molecule has 0 saturated heterocycles. The van der Waals surface area contributed by atoms with Gasteiger partial charge in [-0.3, -0.25) is 4.57 Å². The Morgan fingerprint density at radius 1 is 0.558 bits per heavy atom. The predicted octanol–water partition coefficient (Wildman–Crippen LogP) is 10.9.